The maximum Gasteiger partial charge on any atom is 0.149 e. The Hall–Kier alpha value is -1.16. The summed E-state index contributed by atoms with van der Waals surface area (Å²) in [6.45, 7) is 4.12. The molecular weight excluding hydrogens is 164 g/mol. The fraction of sp³-hybridized carbons (Fsp3) is 0.556. The van der Waals surface area contributed by atoms with E-state index in [1.807, 2.05) is 6.92 Å². The Labute approximate surface area is 78.8 Å². The molecular formula is C9H16N4. The van der Waals surface area contributed by atoms with E-state index in [0.29, 0.717) is 0 Å². The van der Waals surface area contributed by atoms with E-state index in [1.165, 1.54) is 0 Å². The topological polar surface area (TPSA) is 55.0 Å². The van der Waals surface area contributed by atoms with Gasteiger partial charge in [-0.1, -0.05) is 13.3 Å². The van der Waals surface area contributed by atoms with E-state index in [2.05, 4.69) is 16.9 Å². The minimum atomic E-state index is 0.828. The highest BCUT2D eigenvalue weighted by atomic mass is 15.4. The third-order valence-corrected chi connectivity index (χ3v) is 1.97. The SMILES string of the molecule is CCCc1c(C)ncnc1N(C)N. The molecule has 1 aromatic rings. The van der Waals surface area contributed by atoms with Gasteiger partial charge in [0, 0.05) is 18.3 Å². The first-order valence-corrected chi connectivity index (χ1v) is 4.45. The summed E-state index contributed by atoms with van der Waals surface area (Å²) < 4.78 is 0. The average Bonchev–Trinajstić information content (AvgIpc) is 2.08. The van der Waals surface area contributed by atoms with Gasteiger partial charge in [-0.25, -0.2) is 15.8 Å². The Balaban J connectivity index is 3.09. The summed E-state index contributed by atoms with van der Waals surface area (Å²) >= 11 is 0. The number of anilines is 1. The molecule has 0 saturated heterocycles. The first-order valence-electron chi connectivity index (χ1n) is 4.45. The maximum atomic E-state index is 5.66. The number of aromatic nitrogens is 2. The van der Waals surface area contributed by atoms with Crippen LogP contribution in [0, 0.1) is 6.92 Å². The average molecular weight is 180 g/mol. The van der Waals surface area contributed by atoms with Crippen molar-refractivity contribution >= 4 is 5.82 Å². The van der Waals surface area contributed by atoms with Crippen LogP contribution >= 0.6 is 0 Å². The summed E-state index contributed by atoms with van der Waals surface area (Å²) in [7, 11) is 1.79. The minimum Gasteiger partial charge on any atom is -0.298 e. The largest absolute Gasteiger partial charge is 0.298 e. The fourth-order valence-corrected chi connectivity index (χ4v) is 1.33. The minimum absolute atomic E-state index is 0.828. The molecule has 72 valence electrons. The molecule has 2 N–H and O–H groups in total. The van der Waals surface area contributed by atoms with Crippen molar-refractivity contribution in [3.05, 3.63) is 17.6 Å². The Kier molecular flexibility index (Phi) is 3.19. The van der Waals surface area contributed by atoms with Crippen molar-refractivity contribution in [3.63, 3.8) is 0 Å². The van der Waals surface area contributed by atoms with Crippen molar-refractivity contribution in [2.24, 2.45) is 5.84 Å². The van der Waals surface area contributed by atoms with Gasteiger partial charge in [-0.05, 0) is 13.3 Å². The standard InChI is InChI=1S/C9H16N4/c1-4-5-8-7(2)11-6-12-9(8)13(3)10/h6H,4-5,10H2,1-3H3. The Morgan fingerprint density at radius 2 is 2.15 bits per heavy atom. The molecule has 0 atom stereocenters. The van der Waals surface area contributed by atoms with Crippen LogP contribution in [0.5, 0.6) is 0 Å². The van der Waals surface area contributed by atoms with Gasteiger partial charge in [0.05, 0.1) is 0 Å². The Bertz CT molecular complexity index is 283. The molecule has 0 spiro atoms. The molecule has 0 bridgehead atoms. The maximum absolute atomic E-state index is 5.66. The smallest absolute Gasteiger partial charge is 0.149 e. The van der Waals surface area contributed by atoms with E-state index in [1.54, 1.807) is 18.4 Å². The van der Waals surface area contributed by atoms with Crippen LogP contribution in [0.4, 0.5) is 5.82 Å². The molecule has 0 aliphatic carbocycles. The van der Waals surface area contributed by atoms with Crippen LogP contribution in [-0.2, 0) is 6.42 Å². The third-order valence-electron chi connectivity index (χ3n) is 1.97. The molecule has 1 heterocycles. The molecule has 0 radical (unpaired) electrons. The van der Waals surface area contributed by atoms with Gasteiger partial charge in [-0.3, -0.25) is 5.01 Å². The number of hydrogen-bond acceptors (Lipinski definition) is 4. The second-order valence-corrected chi connectivity index (χ2v) is 3.12. The summed E-state index contributed by atoms with van der Waals surface area (Å²) in [4.78, 5) is 8.29. The summed E-state index contributed by atoms with van der Waals surface area (Å²) in [5, 5.41) is 1.54. The molecule has 4 heteroatoms. The molecule has 1 aromatic heterocycles. The molecule has 0 aliphatic heterocycles. The van der Waals surface area contributed by atoms with E-state index in [9.17, 15) is 0 Å². The van der Waals surface area contributed by atoms with Crippen LogP contribution in [0.1, 0.15) is 24.6 Å². The van der Waals surface area contributed by atoms with E-state index in [-0.39, 0.29) is 0 Å². The van der Waals surface area contributed by atoms with Gasteiger partial charge in [-0.15, -0.1) is 0 Å². The highest BCUT2D eigenvalue weighted by molar-refractivity contribution is 5.46. The molecule has 1 rings (SSSR count). The summed E-state index contributed by atoms with van der Waals surface area (Å²) in [6.07, 6.45) is 3.60. The summed E-state index contributed by atoms with van der Waals surface area (Å²) in [6, 6.07) is 0. The summed E-state index contributed by atoms with van der Waals surface area (Å²) in [5.74, 6) is 6.48. The first kappa shape index (κ1) is 9.92. The zero-order valence-electron chi connectivity index (χ0n) is 8.41. The van der Waals surface area contributed by atoms with Crippen LogP contribution in [0.3, 0.4) is 0 Å². The van der Waals surface area contributed by atoms with E-state index in [4.69, 9.17) is 5.84 Å². The molecule has 0 aromatic carbocycles. The van der Waals surface area contributed by atoms with Crippen molar-refractivity contribution in [2.75, 3.05) is 12.1 Å². The van der Waals surface area contributed by atoms with E-state index in [0.717, 1.165) is 29.9 Å². The van der Waals surface area contributed by atoms with Crippen LogP contribution < -0.4 is 10.9 Å². The number of rotatable bonds is 3. The number of hydrogen-bond donors (Lipinski definition) is 1. The molecule has 0 unspecified atom stereocenters. The summed E-state index contributed by atoms with van der Waals surface area (Å²) in [5.41, 5.74) is 2.17. The number of nitrogens with two attached hydrogens (primary N) is 1. The van der Waals surface area contributed by atoms with Crippen LogP contribution in [0.2, 0.25) is 0 Å². The van der Waals surface area contributed by atoms with E-state index >= 15 is 0 Å². The second kappa shape index (κ2) is 4.18. The van der Waals surface area contributed by atoms with Crippen LogP contribution in [-0.4, -0.2) is 17.0 Å². The van der Waals surface area contributed by atoms with Gasteiger partial charge in [0.15, 0.2) is 0 Å². The number of hydrazine groups is 1. The quantitative estimate of drug-likeness (QED) is 0.558. The zero-order chi connectivity index (χ0) is 9.84. The van der Waals surface area contributed by atoms with Gasteiger partial charge >= 0.3 is 0 Å². The molecule has 0 amide bonds. The normalized spacial score (nSPS) is 10.2. The first-order chi connectivity index (χ1) is 6.16. The van der Waals surface area contributed by atoms with Crippen LogP contribution in [0.25, 0.3) is 0 Å². The predicted molar refractivity (Wildman–Crippen MR) is 53.4 cm³/mol. The van der Waals surface area contributed by atoms with Gasteiger partial charge in [0.1, 0.15) is 12.1 Å². The molecule has 0 fully saturated rings. The van der Waals surface area contributed by atoms with Gasteiger partial charge in [0.2, 0.25) is 0 Å². The molecule has 4 nitrogen and oxygen atoms in total. The number of nitrogens with zero attached hydrogens (tertiary/aromatic N) is 3. The second-order valence-electron chi connectivity index (χ2n) is 3.12. The van der Waals surface area contributed by atoms with Crippen molar-refractivity contribution in [1.29, 1.82) is 0 Å². The van der Waals surface area contributed by atoms with Gasteiger partial charge in [-0.2, -0.15) is 0 Å². The highest BCUT2D eigenvalue weighted by Crippen LogP contribution is 2.17. The fourth-order valence-electron chi connectivity index (χ4n) is 1.33. The Morgan fingerprint density at radius 3 is 2.69 bits per heavy atom. The lowest BCUT2D eigenvalue weighted by atomic mass is 10.1. The van der Waals surface area contributed by atoms with Crippen LogP contribution in [0.15, 0.2) is 6.33 Å². The number of aryl methyl sites for hydroxylation is 1. The monoisotopic (exact) mass is 180 g/mol. The van der Waals surface area contributed by atoms with Gasteiger partial charge < -0.3 is 0 Å². The van der Waals surface area contributed by atoms with Crippen molar-refractivity contribution in [3.8, 4) is 0 Å². The predicted octanol–water partition coefficient (Wildman–Crippen LogP) is 1.05. The molecule has 0 saturated carbocycles. The third kappa shape index (κ3) is 2.15. The van der Waals surface area contributed by atoms with Gasteiger partial charge in [0.25, 0.3) is 0 Å². The zero-order valence-corrected chi connectivity index (χ0v) is 8.41. The van der Waals surface area contributed by atoms with E-state index < -0.39 is 0 Å². The lowest BCUT2D eigenvalue weighted by Gasteiger charge is -2.16. The lowest BCUT2D eigenvalue weighted by Crippen LogP contribution is -2.27. The molecule has 13 heavy (non-hydrogen) atoms. The van der Waals surface area contributed by atoms with Crippen molar-refractivity contribution in [1.82, 2.24) is 9.97 Å². The Morgan fingerprint density at radius 1 is 1.46 bits per heavy atom. The molecule has 0 aliphatic rings. The highest BCUT2D eigenvalue weighted by Gasteiger charge is 2.08. The van der Waals surface area contributed by atoms with Crippen molar-refractivity contribution < 1.29 is 0 Å². The van der Waals surface area contributed by atoms with Crippen molar-refractivity contribution in [2.45, 2.75) is 26.7 Å². The lowest BCUT2D eigenvalue weighted by molar-refractivity contribution is 0.852.